The maximum Gasteiger partial charge on any atom is 0.255 e. The first kappa shape index (κ1) is 17.0. The number of likely N-dealkylation sites (tertiary alicyclic amines) is 2. The molecular weight excluding hydrogens is 358 g/mol. The zero-order valence-corrected chi connectivity index (χ0v) is 15.4. The van der Waals surface area contributed by atoms with Crippen molar-refractivity contribution in [1.82, 2.24) is 14.7 Å². The molecule has 3 aliphatic rings. The Morgan fingerprint density at radius 3 is 2.35 bits per heavy atom. The van der Waals surface area contributed by atoms with E-state index < -0.39 is 29.3 Å². The monoisotopic (exact) mass is 375 g/mol. The summed E-state index contributed by atoms with van der Waals surface area (Å²) in [6.07, 6.45) is 0. The number of likely N-dealkylation sites (N-methyl/N-ethyl adjacent to an activating group) is 1. The molecule has 7 nitrogen and oxygen atoms in total. The molecule has 3 fully saturated rings. The second-order valence-corrected chi connectivity index (χ2v) is 7.76. The van der Waals surface area contributed by atoms with Gasteiger partial charge in [0.2, 0.25) is 17.7 Å². The third-order valence-electron chi connectivity index (χ3n) is 5.97. The second-order valence-electron chi connectivity index (χ2n) is 7.32. The van der Waals surface area contributed by atoms with Crippen LogP contribution in [-0.4, -0.2) is 70.5 Å². The van der Waals surface area contributed by atoms with Gasteiger partial charge in [0.15, 0.2) is 0 Å². The van der Waals surface area contributed by atoms with Gasteiger partial charge < -0.3 is 9.80 Å². The predicted octanol–water partition coefficient (Wildman–Crippen LogP) is 0.626. The molecule has 1 aromatic carbocycles. The van der Waals surface area contributed by atoms with Gasteiger partial charge in [0, 0.05) is 31.2 Å². The lowest BCUT2D eigenvalue weighted by Crippen LogP contribution is -2.67. The summed E-state index contributed by atoms with van der Waals surface area (Å²) in [5.41, 5.74) is -1.01. The lowest BCUT2D eigenvalue weighted by Gasteiger charge is -2.46. The van der Waals surface area contributed by atoms with Gasteiger partial charge >= 0.3 is 0 Å². The van der Waals surface area contributed by atoms with Crippen molar-refractivity contribution in [2.45, 2.75) is 18.5 Å². The highest BCUT2D eigenvalue weighted by Crippen LogP contribution is 2.52. The normalized spacial score (nSPS) is 33.2. The van der Waals surface area contributed by atoms with Gasteiger partial charge in [-0.15, -0.1) is 0 Å². The average Bonchev–Trinajstić information content (AvgIpc) is 2.97. The number of rotatable bonds is 1. The van der Waals surface area contributed by atoms with E-state index in [9.17, 15) is 19.2 Å². The molecule has 3 aliphatic heterocycles. The van der Waals surface area contributed by atoms with Crippen molar-refractivity contribution in [2.24, 2.45) is 11.8 Å². The Balaban J connectivity index is 1.85. The summed E-state index contributed by atoms with van der Waals surface area (Å²) < 4.78 is 0. The molecule has 0 spiro atoms. The van der Waals surface area contributed by atoms with Crippen molar-refractivity contribution in [3.63, 3.8) is 0 Å². The summed E-state index contributed by atoms with van der Waals surface area (Å²) in [4.78, 5) is 55.7. The van der Waals surface area contributed by atoms with Crippen LogP contribution in [0.4, 0.5) is 0 Å². The molecule has 0 unspecified atom stereocenters. The van der Waals surface area contributed by atoms with E-state index in [-0.39, 0.29) is 24.3 Å². The number of carbonyl (C=O) groups is 4. The number of carbonyl (C=O) groups excluding carboxylic acids is 4. The summed E-state index contributed by atoms with van der Waals surface area (Å²) in [7, 11) is 3.07. The Bertz CT molecular complexity index is 854. The maximum absolute atomic E-state index is 13.2. The van der Waals surface area contributed by atoms with Crippen LogP contribution in [0, 0.1) is 11.8 Å². The Labute approximate surface area is 155 Å². The number of hydrogen-bond acceptors (Lipinski definition) is 4. The molecule has 4 atom stereocenters. The number of benzene rings is 1. The van der Waals surface area contributed by atoms with Crippen LogP contribution < -0.4 is 0 Å². The summed E-state index contributed by atoms with van der Waals surface area (Å²) in [6, 6.07) is 5.84. The van der Waals surface area contributed by atoms with E-state index in [4.69, 9.17) is 11.6 Å². The second kappa shape index (κ2) is 5.30. The Kier molecular flexibility index (Phi) is 3.47. The number of nitrogens with zero attached hydrogens (tertiary/aromatic N) is 3. The molecular formula is C18H18ClN3O4. The van der Waals surface area contributed by atoms with E-state index in [0.717, 1.165) is 4.90 Å². The molecule has 26 heavy (non-hydrogen) atoms. The van der Waals surface area contributed by atoms with Crippen molar-refractivity contribution in [3.8, 4) is 0 Å². The third-order valence-corrected chi connectivity index (χ3v) is 6.23. The van der Waals surface area contributed by atoms with Crippen LogP contribution in [0.3, 0.4) is 0 Å². The van der Waals surface area contributed by atoms with Crippen LogP contribution in [0.2, 0.25) is 5.02 Å². The maximum atomic E-state index is 13.2. The van der Waals surface area contributed by atoms with E-state index in [1.54, 1.807) is 38.2 Å². The minimum Gasteiger partial charge on any atom is -0.342 e. The first-order chi connectivity index (χ1) is 12.2. The molecule has 3 saturated heterocycles. The Morgan fingerprint density at radius 2 is 1.73 bits per heavy atom. The topological polar surface area (TPSA) is 78.0 Å². The van der Waals surface area contributed by atoms with E-state index >= 15 is 0 Å². The van der Waals surface area contributed by atoms with Gasteiger partial charge in [0.1, 0.15) is 5.54 Å². The van der Waals surface area contributed by atoms with Crippen molar-refractivity contribution >= 4 is 35.2 Å². The first-order valence-electron chi connectivity index (χ1n) is 8.35. The smallest absolute Gasteiger partial charge is 0.255 e. The number of hydrogen-bond donors (Lipinski definition) is 0. The molecule has 0 aliphatic carbocycles. The molecule has 0 aromatic heterocycles. The fraction of sp³-hybridized carbons (Fsp3) is 0.444. The number of halogens is 1. The molecule has 8 heteroatoms. The minimum atomic E-state index is -1.38. The van der Waals surface area contributed by atoms with Gasteiger partial charge in [-0.05, 0) is 31.2 Å². The lowest BCUT2D eigenvalue weighted by atomic mass is 9.81. The van der Waals surface area contributed by atoms with E-state index in [1.807, 2.05) is 0 Å². The van der Waals surface area contributed by atoms with Gasteiger partial charge in [0.05, 0.1) is 17.9 Å². The quantitative estimate of drug-likeness (QED) is 0.674. The van der Waals surface area contributed by atoms with Gasteiger partial charge in [-0.3, -0.25) is 24.1 Å². The van der Waals surface area contributed by atoms with Crippen LogP contribution in [0.15, 0.2) is 24.3 Å². The largest absolute Gasteiger partial charge is 0.342 e. The molecule has 0 N–H and O–H groups in total. The van der Waals surface area contributed by atoms with Gasteiger partial charge in [-0.25, -0.2) is 0 Å². The number of piperazine rings is 1. The average molecular weight is 376 g/mol. The molecule has 3 heterocycles. The molecule has 4 rings (SSSR count). The van der Waals surface area contributed by atoms with Crippen molar-refractivity contribution in [3.05, 3.63) is 34.9 Å². The fourth-order valence-electron chi connectivity index (χ4n) is 4.74. The van der Waals surface area contributed by atoms with Gasteiger partial charge in [-0.1, -0.05) is 11.6 Å². The fourth-order valence-corrected chi connectivity index (χ4v) is 4.87. The number of imide groups is 1. The zero-order chi connectivity index (χ0) is 19.0. The van der Waals surface area contributed by atoms with Crippen molar-refractivity contribution < 1.29 is 19.2 Å². The summed E-state index contributed by atoms with van der Waals surface area (Å²) in [5, 5.41) is 0.494. The van der Waals surface area contributed by atoms with E-state index in [0.29, 0.717) is 10.6 Å². The molecule has 1 aromatic rings. The number of fused-ring (bicyclic) bond motifs is 5. The predicted molar refractivity (Wildman–Crippen MR) is 92.2 cm³/mol. The Hall–Kier alpha value is -2.41. The molecule has 0 radical (unpaired) electrons. The van der Waals surface area contributed by atoms with E-state index in [2.05, 4.69) is 0 Å². The summed E-state index contributed by atoms with van der Waals surface area (Å²) in [5.74, 6) is -2.96. The van der Waals surface area contributed by atoms with Crippen molar-refractivity contribution in [1.29, 1.82) is 0 Å². The van der Waals surface area contributed by atoms with Crippen LogP contribution in [0.25, 0.3) is 0 Å². The molecule has 0 saturated carbocycles. The van der Waals surface area contributed by atoms with Crippen LogP contribution >= 0.6 is 11.6 Å². The van der Waals surface area contributed by atoms with E-state index in [1.165, 1.54) is 16.8 Å². The summed E-state index contributed by atoms with van der Waals surface area (Å²) in [6.45, 7) is 1.82. The SMILES string of the molecule is CN1C[C@@H]2[C@@H]3C(=O)N(C)C(=O)[C@@H]3[C@](C)(C1=O)N2C(=O)c1ccc(Cl)cc1. The minimum absolute atomic E-state index is 0.224. The highest BCUT2D eigenvalue weighted by atomic mass is 35.5. The highest BCUT2D eigenvalue weighted by Gasteiger charge is 2.73. The first-order valence-corrected chi connectivity index (χ1v) is 8.73. The van der Waals surface area contributed by atoms with Crippen LogP contribution in [0.5, 0.6) is 0 Å². The summed E-state index contributed by atoms with van der Waals surface area (Å²) >= 11 is 5.89. The van der Waals surface area contributed by atoms with Crippen LogP contribution in [-0.2, 0) is 14.4 Å². The highest BCUT2D eigenvalue weighted by molar-refractivity contribution is 6.30. The van der Waals surface area contributed by atoms with Crippen LogP contribution in [0.1, 0.15) is 17.3 Å². The Morgan fingerprint density at radius 1 is 1.12 bits per heavy atom. The molecule has 2 bridgehead atoms. The lowest BCUT2D eigenvalue weighted by molar-refractivity contribution is -0.153. The van der Waals surface area contributed by atoms with Gasteiger partial charge in [-0.2, -0.15) is 0 Å². The number of amides is 4. The standard InChI is InChI=1S/C18H18ClN3O4/c1-18-13-12(15(24)21(3)16(13)25)11(8-20(2)17(18)26)22(18)14(23)9-4-6-10(19)7-5-9/h4-7,11-13H,8H2,1-3H3/t11-,12+,13-,18-/m1/s1. The third kappa shape index (κ3) is 1.89. The molecule has 4 amide bonds. The molecule has 136 valence electrons. The zero-order valence-electron chi connectivity index (χ0n) is 14.6. The van der Waals surface area contributed by atoms with Crippen molar-refractivity contribution in [2.75, 3.05) is 20.6 Å². The van der Waals surface area contributed by atoms with Gasteiger partial charge in [0.25, 0.3) is 5.91 Å².